The number of ether oxygens (including phenoxy) is 1. The van der Waals surface area contributed by atoms with Crippen LogP contribution in [-0.2, 0) is 9.84 Å². The number of fused-ring (bicyclic) bond motifs is 1. The number of nitro groups is 1. The number of anilines is 1. The normalized spacial score (nSPS) is 11.4. The summed E-state index contributed by atoms with van der Waals surface area (Å²) < 4.78 is 31.2. The van der Waals surface area contributed by atoms with E-state index < -0.39 is 25.3 Å². The second-order valence-electron chi connectivity index (χ2n) is 5.12. The first-order valence-electron chi connectivity index (χ1n) is 7.07. The predicted octanol–water partition coefficient (Wildman–Crippen LogP) is 2.57. The molecule has 0 unspecified atom stereocenters. The molecule has 0 saturated carbocycles. The van der Waals surface area contributed by atoms with Gasteiger partial charge in [-0.2, -0.15) is 0 Å². The summed E-state index contributed by atoms with van der Waals surface area (Å²) in [5.41, 5.74) is 5.54. The Morgan fingerprint density at radius 3 is 2.56 bits per heavy atom. The van der Waals surface area contributed by atoms with Crippen molar-refractivity contribution in [2.45, 2.75) is 9.79 Å². The van der Waals surface area contributed by atoms with Gasteiger partial charge in [-0.15, -0.1) is 0 Å². The molecule has 0 radical (unpaired) electrons. The maximum atomic E-state index is 13.1. The average molecular weight is 359 g/mol. The Morgan fingerprint density at radius 2 is 1.88 bits per heavy atom. The van der Waals surface area contributed by atoms with Crippen LogP contribution in [0.4, 0.5) is 11.4 Å². The highest BCUT2D eigenvalue weighted by Crippen LogP contribution is 2.39. The number of nitrogen functional groups attached to an aromatic ring is 1. The molecule has 0 amide bonds. The third-order valence-electron chi connectivity index (χ3n) is 3.69. The summed E-state index contributed by atoms with van der Waals surface area (Å²) in [6.07, 6.45) is 1.43. The monoisotopic (exact) mass is 359 g/mol. The van der Waals surface area contributed by atoms with Crippen molar-refractivity contribution in [2.24, 2.45) is 0 Å². The third-order valence-corrected chi connectivity index (χ3v) is 5.49. The molecular formula is C16H13N3O5S. The quantitative estimate of drug-likeness (QED) is 0.431. The van der Waals surface area contributed by atoms with E-state index in [1.54, 1.807) is 6.07 Å². The van der Waals surface area contributed by atoms with Crippen LogP contribution in [-0.4, -0.2) is 25.4 Å². The van der Waals surface area contributed by atoms with Crippen molar-refractivity contribution in [1.82, 2.24) is 4.98 Å². The summed E-state index contributed by atoms with van der Waals surface area (Å²) in [6.45, 7) is 0. The van der Waals surface area contributed by atoms with E-state index >= 15 is 0 Å². The molecule has 0 aliphatic rings. The molecule has 2 N–H and O–H groups in total. The van der Waals surface area contributed by atoms with Gasteiger partial charge in [-0.3, -0.25) is 15.1 Å². The Balaban J connectivity index is 2.43. The van der Waals surface area contributed by atoms with E-state index in [4.69, 9.17) is 10.5 Å². The zero-order valence-corrected chi connectivity index (χ0v) is 13.9. The lowest BCUT2D eigenvalue weighted by Crippen LogP contribution is -2.09. The number of rotatable bonds is 4. The molecular weight excluding hydrogens is 346 g/mol. The minimum absolute atomic E-state index is 0.0367. The average Bonchev–Trinajstić information content (AvgIpc) is 2.61. The van der Waals surface area contributed by atoms with Crippen LogP contribution in [0.2, 0.25) is 0 Å². The number of sulfone groups is 1. The number of aromatic nitrogens is 1. The van der Waals surface area contributed by atoms with E-state index in [0.717, 1.165) is 6.07 Å². The van der Waals surface area contributed by atoms with Gasteiger partial charge in [0.15, 0.2) is 4.90 Å². The molecule has 0 spiro atoms. The maximum Gasteiger partial charge on any atom is 0.297 e. The van der Waals surface area contributed by atoms with E-state index in [0.29, 0.717) is 0 Å². The number of nitro benzene ring substituents is 1. The summed E-state index contributed by atoms with van der Waals surface area (Å²) >= 11 is 0. The molecule has 0 fully saturated rings. The van der Waals surface area contributed by atoms with Gasteiger partial charge in [0.1, 0.15) is 16.2 Å². The van der Waals surface area contributed by atoms with Crippen LogP contribution in [0, 0.1) is 10.1 Å². The number of nitrogens with two attached hydrogens (primary N) is 1. The second kappa shape index (κ2) is 6.02. The summed E-state index contributed by atoms with van der Waals surface area (Å²) in [4.78, 5) is 14.2. The van der Waals surface area contributed by atoms with Gasteiger partial charge in [-0.05, 0) is 30.3 Å². The molecule has 9 heteroatoms. The van der Waals surface area contributed by atoms with Gasteiger partial charge in [-0.1, -0.05) is 12.1 Å². The van der Waals surface area contributed by atoms with Crippen LogP contribution in [0.25, 0.3) is 10.9 Å². The molecule has 0 bridgehead atoms. The summed E-state index contributed by atoms with van der Waals surface area (Å²) in [7, 11) is -2.92. The molecule has 0 atom stereocenters. The molecule has 8 nitrogen and oxygen atoms in total. The molecule has 1 aromatic heterocycles. The van der Waals surface area contributed by atoms with Crippen molar-refractivity contribution in [3.05, 3.63) is 58.8 Å². The second-order valence-corrected chi connectivity index (χ2v) is 7.01. The summed E-state index contributed by atoms with van der Waals surface area (Å²) in [5, 5.41) is 11.7. The number of pyridine rings is 1. The lowest BCUT2D eigenvalue weighted by molar-refractivity contribution is -0.386. The van der Waals surface area contributed by atoms with Crippen molar-refractivity contribution >= 4 is 32.1 Å². The van der Waals surface area contributed by atoms with Crippen LogP contribution in [0.1, 0.15) is 0 Å². The Bertz CT molecular complexity index is 1100. The minimum Gasteiger partial charge on any atom is -0.495 e. The fourth-order valence-electron chi connectivity index (χ4n) is 2.59. The van der Waals surface area contributed by atoms with Crippen molar-refractivity contribution in [2.75, 3.05) is 12.8 Å². The zero-order valence-electron chi connectivity index (χ0n) is 13.0. The van der Waals surface area contributed by atoms with Crippen molar-refractivity contribution in [3.63, 3.8) is 0 Å². The lowest BCUT2D eigenvalue weighted by atomic mass is 10.1. The number of benzene rings is 2. The van der Waals surface area contributed by atoms with E-state index in [2.05, 4.69) is 4.98 Å². The fourth-order valence-corrected chi connectivity index (χ4v) is 4.22. The first-order valence-corrected chi connectivity index (χ1v) is 8.56. The third kappa shape index (κ3) is 2.64. The van der Waals surface area contributed by atoms with E-state index in [9.17, 15) is 18.5 Å². The van der Waals surface area contributed by atoms with Gasteiger partial charge < -0.3 is 10.5 Å². The van der Waals surface area contributed by atoms with Gasteiger partial charge in [0.05, 0.1) is 23.1 Å². The number of hydrogen-bond acceptors (Lipinski definition) is 7. The smallest absolute Gasteiger partial charge is 0.297 e. The highest BCUT2D eigenvalue weighted by atomic mass is 32.2. The fraction of sp³-hybridized carbons (Fsp3) is 0.0625. The molecule has 25 heavy (non-hydrogen) atoms. The van der Waals surface area contributed by atoms with Crippen molar-refractivity contribution < 1.29 is 18.1 Å². The molecule has 0 aliphatic carbocycles. The van der Waals surface area contributed by atoms with E-state index in [1.807, 2.05) is 0 Å². The van der Waals surface area contributed by atoms with Gasteiger partial charge >= 0.3 is 0 Å². The Labute approximate surface area is 142 Å². The molecule has 128 valence electrons. The first kappa shape index (κ1) is 16.7. The van der Waals surface area contributed by atoms with Crippen molar-refractivity contribution in [1.29, 1.82) is 0 Å². The minimum atomic E-state index is -4.25. The van der Waals surface area contributed by atoms with Crippen LogP contribution in [0.5, 0.6) is 5.75 Å². The van der Waals surface area contributed by atoms with Gasteiger partial charge in [-0.25, -0.2) is 8.42 Å². The first-order chi connectivity index (χ1) is 11.9. The SMILES string of the molecule is COc1ccccc1S(=O)(=O)c1cc(N)c2ncccc2c1[N+](=O)[O-]. The van der Waals surface area contributed by atoms with E-state index in [1.165, 1.54) is 43.6 Å². The largest absolute Gasteiger partial charge is 0.495 e. The van der Waals surface area contributed by atoms with Crippen molar-refractivity contribution in [3.8, 4) is 5.75 Å². The summed E-state index contributed by atoms with van der Waals surface area (Å²) in [6, 6.07) is 9.85. The molecule has 3 aromatic rings. The topological polar surface area (TPSA) is 125 Å². The Hall–Kier alpha value is -3.20. The zero-order chi connectivity index (χ0) is 18.2. The Morgan fingerprint density at radius 1 is 1.16 bits per heavy atom. The molecule has 1 heterocycles. The van der Waals surface area contributed by atoms with E-state index in [-0.39, 0.29) is 27.2 Å². The van der Waals surface area contributed by atoms with Crippen LogP contribution in [0.3, 0.4) is 0 Å². The highest BCUT2D eigenvalue weighted by Gasteiger charge is 2.33. The van der Waals surface area contributed by atoms with Gasteiger partial charge in [0.2, 0.25) is 9.84 Å². The number of nitrogens with zero attached hydrogens (tertiary/aromatic N) is 2. The Kier molecular flexibility index (Phi) is 4.01. The van der Waals surface area contributed by atoms with Gasteiger partial charge in [0.25, 0.3) is 5.69 Å². The molecule has 3 rings (SSSR count). The van der Waals surface area contributed by atoms with Gasteiger partial charge in [0, 0.05) is 6.20 Å². The highest BCUT2D eigenvalue weighted by molar-refractivity contribution is 7.91. The lowest BCUT2D eigenvalue weighted by Gasteiger charge is -2.12. The van der Waals surface area contributed by atoms with Crippen LogP contribution >= 0.6 is 0 Å². The number of methoxy groups -OCH3 is 1. The standard InChI is InChI=1S/C16H13N3O5S/c1-24-12-6-2-3-7-13(12)25(22,23)14-9-11(17)15-10(5-4-8-18-15)16(14)19(20)21/h2-9H,17H2,1H3. The molecule has 2 aromatic carbocycles. The number of hydrogen-bond donors (Lipinski definition) is 1. The number of para-hydroxylation sites is 1. The van der Waals surface area contributed by atoms with Crippen LogP contribution < -0.4 is 10.5 Å². The molecule has 0 saturated heterocycles. The maximum absolute atomic E-state index is 13.1. The molecule has 0 aliphatic heterocycles. The predicted molar refractivity (Wildman–Crippen MR) is 91.3 cm³/mol. The summed E-state index contributed by atoms with van der Waals surface area (Å²) in [5.74, 6) is 0.0849. The van der Waals surface area contributed by atoms with Crippen LogP contribution in [0.15, 0.2) is 58.5 Å².